The maximum Gasteiger partial charge on any atom is 0.222 e. The summed E-state index contributed by atoms with van der Waals surface area (Å²) in [6, 6.07) is 6.49. The van der Waals surface area contributed by atoms with E-state index in [9.17, 15) is 14.4 Å². The van der Waals surface area contributed by atoms with E-state index in [1.165, 1.54) is 21.4 Å². The first-order chi connectivity index (χ1) is 10.4. The molecule has 1 heterocycles. The van der Waals surface area contributed by atoms with Crippen LogP contribution in [0, 0.1) is 17.1 Å². The number of aromatic nitrogens is 1. The highest BCUT2D eigenvalue weighted by atomic mass is 127. The number of carbonyl (C=O) groups excluding carboxylic acids is 1. The minimum Gasteiger partial charge on any atom is -0.382 e. The summed E-state index contributed by atoms with van der Waals surface area (Å²) >= 11 is 5.19. The number of carbonyl (C=O) groups is 1. The molecule has 1 aromatic heterocycles. The van der Waals surface area contributed by atoms with Crippen LogP contribution < -0.4 is 0 Å². The summed E-state index contributed by atoms with van der Waals surface area (Å²) in [5.74, 6) is -0.792. The minimum absolute atomic E-state index is 0.0269. The Hall–Kier alpha value is -1.05. The molecule has 0 aliphatic carbocycles. The first kappa shape index (κ1) is 17.3. The van der Waals surface area contributed by atoms with Crippen molar-refractivity contribution in [2.45, 2.75) is 0 Å². The van der Waals surface area contributed by atoms with Gasteiger partial charge in [0.15, 0.2) is 0 Å². The lowest BCUT2D eigenvalue weighted by Crippen LogP contribution is -2.10. The molecule has 4 nitrogen and oxygen atoms in total. The van der Waals surface area contributed by atoms with Crippen molar-refractivity contribution in [3.63, 3.8) is 0 Å². The van der Waals surface area contributed by atoms with Crippen LogP contribution in [0.5, 0.6) is 0 Å². The number of allylic oxidation sites excluding steroid dienone is 1. The summed E-state index contributed by atoms with van der Waals surface area (Å²) in [6.45, 7) is 0. The van der Waals surface area contributed by atoms with Crippen LogP contribution in [0.15, 0.2) is 34.4 Å². The summed E-state index contributed by atoms with van der Waals surface area (Å²) in [7, 11) is 4.77. The lowest BCUT2D eigenvalue weighted by molar-refractivity contribution is 0.103. The molecular formula is C14H10BrFIN3OS. The lowest BCUT2D eigenvalue weighted by atomic mass is 10.1. The molecule has 0 unspecified atom stereocenters. The van der Waals surface area contributed by atoms with E-state index in [4.69, 9.17) is 0 Å². The fraction of sp³-hybridized carbons (Fsp3) is 0.143. The van der Waals surface area contributed by atoms with Gasteiger partial charge in [-0.1, -0.05) is 0 Å². The molecule has 8 heteroatoms. The van der Waals surface area contributed by atoms with Crippen LogP contribution in [-0.4, -0.2) is 28.8 Å². The van der Waals surface area contributed by atoms with Crippen LogP contribution >= 0.6 is 46.3 Å². The SMILES string of the molecule is CN(C)/C=C(\C#N)C(=O)c1cc2cc(F)c(Br)cc2n1SI. The van der Waals surface area contributed by atoms with E-state index in [2.05, 4.69) is 15.9 Å². The number of fused-ring (bicyclic) bond motifs is 1. The van der Waals surface area contributed by atoms with E-state index in [0.717, 1.165) is 0 Å². The molecule has 22 heavy (non-hydrogen) atoms. The summed E-state index contributed by atoms with van der Waals surface area (Å²) in [6.07, 6.45) is 1.47. The van der Waals surface area contributed by atoms with E-state index >= 15 is 0 Å². The Bertz CT molecular complexity index is 826. The Balaban J connectivity index is 2.65. The molecule has 0 aliphatic rings. The van der Waals surface area contributed by atoms with Crippen LogP contribution in [0.25, 0.3) is 10.9 Å². The number of ketones is 1. The third-order valence-corrected chi connectivity index (χ3v) is 5.17. The molecule has 0 radical (unpaired) electrons. The van der Waals surface area contributed by atoms with Gasteiger partial charge in [-0.15, -0.1) is 0 Å². The van der Waals surface area contributed by atoms with Gasteiger partial charge in [0.05, 0.1) is 9.99 Å². The molecule has 0 N–H and O–H groups in total. The molecule has 0 aliphatic heterocycles. The Morgan fingerprint density at radius 2 is 2.18 bits per heavy atom. The van der Waals surface area contributed by atoms with E-state index in [1.807, 2.05) is 27.3 Å². The highest BCUT2D eigenvalue weighted by Gasteiger charge is 2.20. The van der Waals surface area contributed by atoms with Gasteiger partial charge in [-0.3, -0.25) is 8.77 Å². The highest BCUT2D eigenvalue weighted by Crippen LogP contribution is 2.32. The number of rotatable bonds is 4. The number of halogens is 3. The summed E-state index contributed by atoms with van der Waals surface area (Å²) in [5.41, 5.74) is 1.07. The second-order valence-electron chi connectivity index (χ2n) is 4.67. The number of benzene rings is 1. The molecule has 0 fully saturated rings. The maximum absolute atomic E-state index is 13.7. The second-order valence-corrected chi connectivity index (χ2v) is 7.20. The molecule has 0 bridgehead atoms. The van der Waals surface area contributed by atoms with Crippen molar-refractivity contribution in [1.29, 1.82) is 5.26 Å². The van der Waals surface area contributed by atoms with Crippen LogP contribution in [0.1, 0.15) is 10.5 Å². The first-order valence-corrected chi connectivity index (χ1v) is 10.1. The number of nitriles is 1. The van der Waals surface area contributed by atoms with Gasteiger partial charge in [-0.2, -0.15) is 5.26 Å². The Morgan fingerprint density at radius 3 is 2.73 bits per heavy atom. The predicted molar refractivity (Wildman–Crippen MR) is 98.3 cm³/mol. The summed E-state index contributed by atoms with van der Waals surface area (Å²) < 4.78 is 15.7. The molecule has 0 spiro atoms. The quantitative estimate of drug-likeness (QED) is 0.271. The van der Waals surface area contributed by atoms with Crippen molar-refractivity contribution in [2.75, 3.05) is 14.1 Å². The zero-order chi connectivity index (χ0) is 16.4. The van der Waals surface area contributed by atoms with Gasteiger partial charge in [0.1, 0.15) is 23.2 Å². The average Bonchev–Trinajstić information content (AvgIpc) is 2.81. The molecule has 2 aromatic rings. The van der Waals surface area contributed by atoms with Crippen LogP contribution in [0.2, 0.25) is 0 Å². The Morgan fingerprint density at radius 1 is 1.50 bits per heavy atom. The fourth-order valence-corrected chi connectivity index (χ4v) is 3.99. The molecule has 1 aromatic carbocycles. The number of hydrogen-bond acceptors (Lipinski definition) is 4. The van der Waals surface area contributed by atoms with Crippen molar-refractivity contribution >= 4 is 62.9 Å². The van der Waals surface area contributed by atoms with E-state index in [-0.39, 0.29) is 5.57 Å². The second kappa shape index (κ2) is 7.02. The van der Waals surface area contributed by atoms with E-state index in [0.29, 0.717) is 21.1 Å². The number of Topliss-reactive ketones (excluding diaryl/α,β-unsaturated/α-hetero) is 1. The van der Waals surface area contributed by atoms with Gasteiger partial charge in [0.25, 0.3) is 0 Å². The van der Waals surface area contributed by atoms with E-state index < -0.39 is 11.6 Å². The molecule has 114 valence electrons. The van der Waals surface area contributed by atoms with Gasteiger partial charge >= 0.3 is 0 Å². The topological polar surface area (TPSA) is 49.0 Å². The zero-order valence-corrected chi connectivity index (χ0v) is 16.2. The van der Waals surface area contributed by atoms with Gasteiger partial charge in [0, 0.05) is 56.0 Å². The van der Waals surface area contributed by atoms with E-state index in [1.54, 1.807) is 35.1 Å². The van der Waals surface area contributed by atoms with Gasteiger partial charge < -0.3 is 4.90 Å². The Kier molecular flexibility index (Phi) is 5.52. The predicted octanol–water partition coefficient (Wildman–Crippen LogP) is 4.54. The fourth-order valence-electron chi connectivity index (χ4n) is 1.95. The van der Waals surface area contributed by atoms with Gasteiger partial charge in [-0.05, 0) is 34.1 Å². The van der Waals surface area contributed by atoms with Crippen molar-refractivity contribution in [1.82, 2.24) is 8.87 Å². The highest BCUT2D eigenvalue weighted by molar-refractivity contribution is 14.2. The van der Waals surface area contributed by atoms with Crippen LogP contribution in [-0.2, 0) is 0 Å². The van der Waals surface area contributed by atoms with Gasteiger partial charge in [0.2, 0.25) is 5.78 Å². The monoisotopic (exact) mass is 493 g/mol. The minimum atomic E-state index is -0.397. The largest absolute Gasteiger partial charge is 0.382 e. The zero-order valence-electron chi connectivity index (χ0n) is 11.6. The third kappa shape index (κ3) is 3.31. The average molecular weight is 494 g/mol. The number of nitrogens with zero attached hydrogens (tertiary/aromatic N) is 3. The molecule has 2 rings (SSSR count). The first-order valence-electron chi connectivity index (χ1n) is 6.01. The number of hydrogen-bond donors (Lipinski definition) is 0. The molecular weight excluding hydrogens is 484 g/mol. The van der Waals surface area contributed by atoms with Crippen molar-refractivity contribution < 1.29 is 9.18 Å². The molecule has 0 saturated carbocycles. The van der Waals surface area contributed by atoms with Crippen LogP contribution in [0.4, 0.5) is 4.39 Å². The smallest absolute Gasteiger partial charge is 0.222 e. The normalized spacial score (nSPS) is 11.5. The molecule has 0 atom stereocenters. The third-order valence-electron chi connectivity index (χ3n) is 2.85. The summed E-state index contributed by atoms with van der Waals surface area (Å²) in [4.78, 5) is 14.2. The summed E-state index contributed by atoms with van der Waals surface area (Å²) in [5, 5.41) is 9.79. The Labute approximate surface area is 151 Å². The maximum atomic E-state index is 13.7. The van der Waals surface area contributed by atoms with Gasteiger partial charge in [-0.25, -0.2) is 4.39 Å². The standard InChI is InChI=1S/C14H10BrFIN3OS/c1-19(2)7-9(6-18)14(21)13-4-8-3-11(16)10(15)5-12(8)20(13)22-17/h3-5,7H,1-2H3/b9-7+. The lowest BCUT2D eigenvalue weighted by Gasteiger charge is -2.07. The van der Waals surface area contributed by atoms with Crippen molar-refractivity contribution in [2.24, 2.45) is 0 Å². The van der Waals surface area contributed by atoms with Crippen LogP contribution in [0.3, 0.4) is 0 Å². The molecule has 0 saturated heterocycles. The molecule has 0 amide bonds. The van der Waals surface area contributed by atoms with Crippen molar-refractivity contribution in [3.8, 4) is 6.07 Å². The van der Waals surface area contributed by atoms with Crippen molar-refractivity contribution in [3.05, 3.63) is 46.0 Å².